The van der Waals surface area contributed by atoms with Gasteiger partial charge in [0.2, 0.25) is 0 Å². The number of aromatic carboxylic acids is 1. The Morgan fingerprint density at radius 2 is 1.90 bits per heavy atom. The van der Waals surface area contributed by atoms with E-state index in [1.807, 2.05) is 32.0 Å². The molecule has 0 aliphatic carbocycles. The molecular weight excluding hydrogens is 290 g/mol. The molecule has 0 aliphatic rings. The lowest BCUT2D eigenvalue weighted by Gasteiger charge is -2.07. The number of nitro benzene ring substituents is 1. The van der Waals surface area contributed by atoms with E-state index in [1.165, 1.54) is 23.9 Å². The van der Waals surface area contributed by atoms with Gasteiger partial charge in [0.1, 0.15) is 5.56 Å². The van der Waals surface area contributed by atoms with Crippen molar-refractivity contribution in [1.82, 2.24) is 0 Å². The number of carboxylic acid groups (broad SMARTS) is 1. The van der Waals surface area contributed by atoms with Crippen molar-refractivity contribution in [3.8, 4) is 0 Å². The molecule has 0 saturated heterocycles. The van der Waals surface area contributed by atoms with Crippen LogP contribution in [0.15, 0.2) is 46.2 Å². The van der Waals surface area contributed by atoms with Gasteiger partial charge in [-0.15, -0.1) is 0 Å². The Balaban J connectivity index is 2.41. The van der Waals surface area contributed by atoms with Gasteiger partial charge < -0.3 is 5.11 Å². The Bertz CT molecular complexity index is 728. The third-order valence-corrected chi connectivity index (χ3v) is 4.12. The molecule has 21 heavy (non-hydrogen) atoms. The van der Waals surface area contributed by atoms with E-state index in [1.54, 1.807) is 6.07 Å². The van der Waals surface area contributed by atoms with E-state index in [2.05, 4.69) is 0 Å². The van der Waals surface area contributed by atoms with Crippen LogP contribution in [0.5, 0.6) is 0 Å². The Morgan fingerprint density at radius 3 is 2.52 bits per heavy atom. The highest BCUT2D eigenvalue weighted by atomic mass is 32.2. The molecule has 0 saturated carbocycles. The van der Waals surface area contributed by atoms with Crippen molar-refractivity contribution in [3.05, 3.63) is 63.2 Å². The van der Waals surface area contributed by atoms with Crippen LogP contribution in [0.2, 0.25) is 0 Å². The Morgan fingerprint density at radius 1 is 1.19 bits per heavy atom. The van der Waals surface area contributed by atoms with Crippen LogP contribution in [-0.4, -0.2) is 16.0 Å². The first-order valence-corrected chi connectivity index (χ1v) is 6.97. The smallest absolute Gasteiger partial charge is 0.342 e. The van der Waals surface area contributed by atoms with Gasteiger partial charge in [-0.3, -0.25) is 10.1 Å². The fourth-order valence-electron chi connectivity index (χ4n) is 1.85. The normalized spacial score (nSPS) is 10.4. The number of aryl methyl sites for hydroxylation is 2. The molecule has 0 aliphatic heterocycles. The van der Waals surface area contributed by atoms with E-state index < -0.39 is 16.6 Å². The van der Waals surface area contributed by atoms with E-state index in [9.17, 15) is 14.9 Å². The number of nitrogens with zero attached hydrogens (tertiary/aromatic N) is 1. The van der Waals surface area contributed by atoms with Gasteiger partial charge in [-0.25, -0.2) is 4.79 Å². The molecule has 0 aromatic heterocycles. The zero-order valence-corrected chi connectivity index (χ0v) is 12.3. The van der Waals surface area contributed by atoms with Gasteiger partial charge in [-0.1, -0.05) is 23.9 Å². The number of nitro groups is 1. The van der Waals surface area contributed by atoms with Crippen LogP contribution in [0, 0.1) is 24.0 Å². The predicted octanol–water partition coefficient (Wildman–Crippen LogP) is 4.06. The Kier molecular flexibility index (Phi) is 4.28. The van der Waals surface area contributed by atoms with Crippen molar-refractivity contribution >= 4 is 23.4 Å². The first kappa shape index (κ1) is 15.1. The summed E-state index contributed by atoms with van der Waals surface area (Å²) >= 11 is 1.38. The summed E-state index contributed by atoms with van der Waals surface area (Å²) in [4.78, 5) is 22.9. The van der Waals surface area contributed by atoms with E-state index >= 15 is 0 Å². The second kappa shape index (κ2) is 5.97. The number of benzene rings is 2. The molecule has 6 heteroatoms. The number of carboxylic acids is 1. The molecule has 1 N–H and O–H groups in total. The minimum absolute atomic E-state index is 0.301. The quantitative estimate of drug-likeness (QED) is 0.680. The lowest BCUT2D eigenvalue weighted by atomic mass is 10.2. The maximum Gasteiger partial charge on any atom is 0.342 e. The van der Waals surface area contributed by atoms with Crippen LogP contribution in [0.4, 0.5) is 5.69 Å². The largest absolute Gasteiger partial charge is 0.477 e. The third-order valence-electron chi connectivity index (χ3n) is 2.97. The summed E-state index contributed by atoms with van der Waals surface area (Å²) in [5.41, 5.74) is 1.47. The summed E-state index contributed by atoms with van der Waals surface area (Å²) in [7, 11) is 0. The van der Waals surface area contributed by atoms with Gasteiger partial charge in [-0.05, 0) is 43.2 Å². The van der Waals surface area contributed by atoms with Crippen LogP contribution < -0.4 is 0 Å². The molecule has 0 bridgehead atoms. The first-order chi connectivity index (χ1) is 9.88. The van der Waals surface area contributed by atoms with Crippen molar-refractivity contribution < 1.29 is 14.8 Å². The standard InChI is InChI=1S/C15H13NO4S/c1-9-3-4-10(2)14(7-9)21-11-5-6-12(15(17)18)13(8-11)16(19)20/h3-8H,1-2H3,(H,17,18). The number of carbonyl (C=O) groups is 1. The van der Waals surface area contributed by atoms with Crippen LogP contribution in [0.3, 0.4) is 0 Å². The SMILES string of the molecule is Cc1ccc(C)c(Sc2ccc(C(=O)O)c([N+](=O)[O-])c2)c1. The van der Waals surface area contributed by atoms with E-state index in [-0.39, 0.29) is 5.56 Å². The van der Waals surface area contributed by atoms with Crippen LogP contribution >= 0.6 is 11.8 Å². The molecule has 0 heterocycles. The van der Waals surface area contributed by atoms with E-state index in [0.717, 1.165) is 16.0 Å². The van der Waals surface area contributed by atoms with Gasteiger partial charge in [0, 0.05) is 15.9 Å². The molecule has 0 spiro atoms. The summed E-state index contributed by atoms with van der Waals surface area (Å²) in [5, 5.41) is 19.9. The van der Waals surface area contributed by atoms with Gasteiger partial charge in [0.25, 0.3) is 5.69 Å². The second-order valence-corrected chi connectivity index (χ2v) is 5.73. The molecular formula is C15H13NO4S. The van der Waals surface area contributed by atoms with Crippen molar-refractivity contribution in [3.63, 3.8) is 0 Å². The monoisotopic (exact) mass is 303 g/mol. The maximum atomic E-state index is 11.0. The molecule has 0 atom stereocenters. The minimum Gasteiger partial charge on any atom is -0.477 e. The highest BCUT2D eigenvalue weighted by Gasteiger charge is 2.20. The zero-order chi connectivity index (χ0) is 15.6. The van der Waals surface area contributed by atoms with Crippen LogP contribution in [0.1, 0.15) is 21.5 Å². The van der Waals surface area contributed by atoms with Crippen molar-refractivity contribution in [2.75, 3.05) is 0 Å². The second-order valence-electron chi connectivity index (χ2n) is 4.61. The number of hydrogen-bond acceptors (Lipinski definition) is 4. The van der Waals surface area contributed by atoms with Crippen molar-refractivity contribution in [1.29, 1.82) is 0 Å². The molecule has 2 aromatic rings. The molecule has 2 aromatic carbocycles. The summed E-state index contributed by atoms with van der Waals surface area (Å²) in [6.07, 6.45) is 0. The summed E-state index contributed by atoms with van der Waals surface area (Å²) in [6.45, 7) is 3.93. The fourth-order valence-corrected chi connectivity index (χ4v) is 2.89. The first-order valence-electron chi connectivity index (χ1n) is 6.15. The zero-order valence-electron chi connectivity index (χ0n) is 11.5. The molecule has 2 rings (SSSR count). The summed E-state index contributed by atoms with van der Waals surface area (Å²) in [5.74, 6) is -1.30. The molecule has 5 nitrogen and oxygen atoms in total. The highest BCUT2D eigenvalue weighted by molar-refractivity contribution is 7.99. The molecule has 0 unspecified atom stereocenters. The molecule has 0 amide bonds. The van der Waals surface area contributed by atoms with E-state index in [0.29, 0.717) is 4.90 Å². The highest BCUT2D eigenvalue weighted by Crippen LogP contribution is 2.34. The predicted molar refractivity (Wildman–Crippen MR) is 80.1 cm³/mol. The van der Waals surface area contributed by atoms with Crippen LogP contribution in [-0.2, 0) is 0 Å². The average Bonchev–Trinajstić information content (AvgIpc) is 2.42. The van der Waals surface area contributed by atoms with E-state index in [4.69, 9.17) is 5.11 Å². The summed E-state index contributed by atoms with van der Waals surface area (Å²) in [6, 6.07) is 10.1. The molecule has 0 radical (unpaired) electrons. The van der Waals surface area contributed by atoms with Crippen molar-refractivity contribution in [2.24, 2.45) is 0 Å². The lowest BCUT2D eigenvalue weighted by Crippen LogP contribution is -2.02. The van der Waals surface area contributed by atoms with Gasteiger partial charge in [0.15, 0.2) is 0 Å². The lowest BCUT2D eigenvalue weighted by molar-refractivity contribution is -0.385. The number of hydrogen-bond donors (Lipinski definition) is 1. The van der Waals surface area contributed by atoms with Gasteiger partial charge >= 0.3 is 5.97 Å². The van der Waals surface area contributed by atoms with Crippen molar-refractivity contribution in [2.45, 2.75) is 23.6 Å². The maximum absolute atomic E-state index is 11.0. The Labute approximate surface area is 125 Å². The Hall–Kier alpha value is -2.34. The minimum atomic E-state index is -1.30. The average molecular weight is 303 g/mol. The number of rotatable bonds is 4. The summed E-state index contributed by atoms with van der Waals surface area (Å²) < 4.78 is 0. The third kappa shape index (κ3) is 3.41. The topological polar surface area (TPSA) is 80.4 Å². The molecule has 108 valence electrons. The fraction of sp³-hybridized carbons (Fsp3) is 0.133. The van der Waals surface area contributed by atoms with Gasteiger partial charge in [0.05, 0.1) is 4.92 Å². The van der Waals surface area contributed by atoms with Crippen LogP contribution in [0.25, 0.3) is 0 Å². The molecule has 0 fully saturated rings. The van der Waals surface area contributed by atoms with Gasteiger partial charge in [-0.2, -0.15) is 0 Å².